The van der Waals surface area contributed by atoms with Crippen molar-refractivity contribution in [2.75, 3.05) is 27.4 Å². The Kier molecular flexibility index (Phi) is 8.39. The predicted molar refractivity (Wildman–Crippen MR) is 122 cm³/mol. The van der Waals surface area contributed by atoms with Crippen LogP contribution in [0.5, 0.6) is 0 Å². The summed E-state index contributed by atoms with van der Waals surface area (Å²) >= 11 is 0. The number of benzene rings is 1. The largest absolute Gasteiger partial charge is 0.464 e. The highest BCUT2D eigenvalue weighted by Gasteiger charge is 2.36. The minimum atomic E-state index is -3.94. The third-order valence-electron chi connectivity index (χ3n) is 5.72. The van der Waals surface area contributed by atoms with E-state index in [2.05, 4.69) is 0 Å². The van der Waals surface area contributed by atoms with Crippen LogP contribution in [-0.2, 0) is 26.5 Å². The second-order valence-corrected chi connectivity index (χ2v) is 9.69. The Labute approximate surface area is 190 Å². The average Bonchev–Trinajstić information content (AvgIpc) is 2.98. The van der Waals surface area contributed by atoms with Crippen LogP contribution in [0.15, 0.2) is 29.2 Å². The van der Waals surface area contributed by atoms with E-state index in [0.29, 0.717) is 29.8 Å². The van der Waals surface area contributed by atoms with E-state index >= 15 is 0 Å². The molecule has 0 amide bonds. The van der Waals surface area contributed by atoms with E-state index in [1.807, 2.05) is 6.92 Å². The van der Waals surface area contributed by atoms with E-state index in [0.717, 1.165) is 5.56 Å². The zero-order valence-corrected chi connectivity index (χ0v) is 20.6. The van der Waals surface area contributed by atoms with E-state index in [4.69, 9.17) is 9.47 Å². The van der Waals surface area contributed by atoms with Gasteiger partial charge in [0.05, 0.1) is 18.0 Å². The number of Topliss-reactive ketones (excluding diaryl/α,β-unsaturated/α-hetero) is 1. The number of nitrogens with zero attached hydrogens (tertiary/aromatic N) is 2. The third kappa shape index (κ3) is 4.95. The monoisotopic (exact) mass is 464 g/mol. The maximum absolute atomic E-state index is 13.6. The zero-order valence-electron chi connectivity index (χ0n) is 19.8. The van der Waals surface area contributed by atoms with E-state index in [1.165, 1.54) is 11.4 Å². The molecule has 0 saturated carbocycles. The molecule has 0 saturated heterocycles. The normalized spacial score (nSPS) is 12.8. The molecule has 32 heavy (non-hydrogen) atoms. The predicted octanol–water partition coefficient (Wildman–Crippen LogP) is 3.04. The van der Waals surface area contributed by atoms with Crippen LogP contribution in [0, 0.1) is 20.8 Å². The molecule has 2 aromatic rings. The Morgan fingerprint density at radius 3 is 2.22 bits per heavy atom. The van der Waals surface area contributed by atoms with Crippen molar-refractivity contribution in [1.82, 2.24) is 8.87 Å². The summed E-state index contributed by atoms with van der Waals surface area (Å²) in [6, 6.07) is 5.55. The molecule has 0 aliphatic rings. The first kappa shape index (κ1) is 25.8. The first-order valence-electron chi connectivity index (χ1n) is 10.3. The Bertz CT molecular complexity index is 1090. The summed E-state index contributed by atoms with van der Waals surface area (Å²) in [6.45, 7) is 7.32. The highest BCUT2D eigenvalue weighted by molar-refractivity contribution is 7.89. The van der Waals surface area contributed by atoms with Gasteiger partial charge in [-0.05, 0) is 51.8 Å². The van der Waals surface area contributed by atoms with Crippen LogP contribution in [0.2, 0.25) is 0 Å². The molecule has 8 nitrogen and oxygen atoms in total. The zero-order chi connectivity index (χ0) is 24.2. The van der Waals surface area contributed by atoms with E-state index in [9.17, 15) is 18.0 Å². The highest BCUT2D eigenvalue weighted by atomic mass is 32.2. The molecule has 0 bridgehead atoms. The van der Waals surface area contributed by atoms with Gasteiger partial charge >= 0.3 is 5.97 Å². The molecule has 0 fully saturated rings. The summed E-state index contributed by atoms with van der Waals surface area (Å²) in [5.41, 5.74) is 2.58. The molecule has 9 heteroatoms. The number of carbonyl (C=O) groups excluding carboxylic acids is 2. The van der Waals surface area contributed by atoms with Gasteiger partial charge in [0.25, 0.3) is 0 Å². The number of rotatable bonds is 10. The second kappa shape index (κ2) is 10.4. The lowest BCUT2D eigenvalue weighted by Crippen LogP contribution is -2.44. The van der Waals surface area contributed by atoms with Gasteiger partial charge in [0.15, 0.2) is 5.78 Å². The van der Waals surface area contributed by atoms with Crippen molar-refractivity contribution in [3.63, 3.8) is 0 Å². The molecular weight excluding hydrogens is 432 g/mol. The molecule has 176 valence electrons. The topological polar surface area (TPSA) is 94.9 Å². The fourth-order valence-corrected chi connectivity index (χ4v) is 5.43. The van der Waals surface area contributed by atoms with Gasteiger partial charge in [-0.25, -0.2) is 13.2 Å². The fraction of sp³-hybridized carbons (Fsp3) is 0.478. The number of hydrogen-bond donors (Lipinski definition) is 0. The molecule has 2 rings (SSSR count). The summed E-state index contributed by atoms with van der Waals surface area (Å²) in [5, 5.41) is 0. The van der Waals surface area contributed by atoms with Gasteiger partial charge in [0.1, 0.15) is 5.69 Å². The molecule has 0 radical (unpaired) electrons. The Morgan fingerprint density at radius 1 is 1.09 bits per heavy atom. The Balaban J connectivity index is 2.53. The lowest BCUT2D eigenvalue weighted by atomic mass is 10.0. The first-order valence-corrected chi connectivity index (χ1v) is 11.8. The van der Waals surface area contributed by atoms with Gasteiger partial charge in [-0.2, -0.15) is 4.31 Å². The van der Waals surface area contributed by atoms with E-state index in [-0.39, 0.29) is 22.9 Å². The van der Waals surface area contributed by atoms with Crippen molar-refractivity contribution in [3.05, 3.63) is 52.3 Å². The maximum atomic E-state index is 13.6. The van der Waals surface area contributed by atoms with Crippen molar-refractivity contribution in [2.24, 2.45) is 7.05 Å². The van der Waals surface area contributed by atoms with Crippen LogP contribution < -0.4 is 0 Å². The van der Waals surface area contributed by atoms with Crippen LogP contribution in [0.1, 0.15) is 51.0 Å². The Hall–Kier alpha value is -2.49. The molecule has 1 aromatic heterocycles. The van der Waals surface area contributed by atoms with Crippen molar-refractivity contribution in [1.29, 1.82) is 0 Å². The number of aryl methyl sites for hydroxylation is 1. The Morgan fingerprint density at radius 2 is 1.69 bits per heavy atom. The van der Waals surface area contributed by atoms with Crippen LogP contribution in [0.25, 0.3) is 0 Å². The standard InChI is InChI=1S/C23H32N2O6S/c1-15-9-11-19(12-10-15)32(28,29)25(13-8-14-30-6)18(4)22(26)20-16(2)21(23(27)31-7)24(5)17(20)3/h9-12,18H,8,13-14H2,1-7H3/t18-/m1/s1. The number of aromatic nitrogens is 1. The summed E-state index contributed by atoms with van der Waals surface area (Å²) in [5.74, 6) is -0.928. The molecule has 0 aliphatic heterocycles. The summed E-state index contributed by atoms with van der Waals surface area (Å²) < 4.78 is 39.7. The van der Waals surface area contributed by atoms with Gasteiger partial charge in [-0.1, -0.05) is 17.7 Å². The van der Waals surface area contributed by atoms with Crippen LogP contribution in [0.3, 0.4) is 0 Å². The van der Waals surface area contributed by atoms with Gasteiger partial charge in [0.2, 0.25) is 10.0 Å². The van der Waals surface area contributed by atoms with Crippen molar-refractivity contribution >= 4 is 21.8 Å². The highest BCUT2D eigenvalue weighted by Crippen LogP contribution is 2.27. The fourth-order valence-electron chi connectivity index (χ4n) is 3.80. The van der Waals surface area contributed by atoms with Crippen LogP contribution >= 0.6 is 0 Å². The second-order valence-electron chi connectivity index (χ2n) is 7.80. The smallest absolute Gasteiger partial charge is 0.354 e. The number of sulfonamides is 1. The molecule has 0 aliphatic carbocycles. The molecule has 1 aromatic carbocycles. The number of esters is 1. The maximum Gasteiger partial charge on any atom is 0.354 e. The number of hydrogen-bond acceptors (Lipinski definition) is 6. The van der Waals surface area contributed by atoms with Crippen LogP contribution in [0.4, 0.5) is 0 Å². The summed E-state index contributed by atoms with van der Waals surface area (Å²) in [7, 11) is 0.552. The SMILES string of the molecule is COCCCN([C@H](C)C(=O)c1c(C)c(C(=O)OC)n(C)c1C)S(=O)(=O)c1ccc(C)cc1. The van der Waals surface area contributed by atoms with Gasteiger partial charge < -0.3 is 14.0 Å². The minimum Gasteiger partial charge on any atom is -0.464 e. The molecule has 0 spiro atoms. The van der Waals surface area contributed by atoms with E-state index < -0.39 is 22.0 Å². The van der Waals surface area contributed by atoms with Crippen LogP contribution in [-0.4, -0.2) is 62.5 Å². The molecule has 1 atom stereocenters. The minimum absolute atomic E-state index is 0.117. The van der Waals surface area contributed by atoms with E-state index in [1.54, 1.807) is 63.8 Å². The summed E-state index contributed by atoms with van der Waals surface area (Å²) in [4.78, 5) is 25.9. The lowest BCUT2D eigenvalue weighted by Gasteiger charge is -2.28. The quantitative estimate of drug-likeness (QED) is 0.305. The lowest BCUT2D eigenvalue weighted by molar-refractivity contribution is 0.0588. The number of carbonyl (C=O) groups is 2. The molecule has 0 N–H and O–H groups in total. The first-order chi connectivity index (χ1) is 15.0. The third-order valence-corrected chi connectivity index (χ3v) is 7.71. The van der Waals surface area contributed by atoms with Gasteiger partial charge in [-0.15, -0.1) is 0 Å². The van der Waals surface area contributed by atoms with Gasteiger partial charge in [0, 0.05) is 38.6 Å². The number of methoxy groups -OCH3 is 2. The van der Waals surface area contributed by atoms with Crippen molar-refractivity contribution < 1.29 is 27.5 Å². The van der Waals surface area contributed by atoms with Gasteiger partial charge in [-0.3, -0.25) is 4.79 Å². The number of ether oxygens (including phenoxy) is 2. The van der Waals surface area contributed by atoms with Crippen molar-refractivity contribution in [3.8, 4) is 0 Å². The molecule has 1 heterocycles. The summed E-state index contributed by atoms with van der Waals surface area (Å²) in [6.07, 6.45) is 0.430. The molecule has 0 unspecified atom stereocenters. The van der Waals surface area contributed by atoms with Crippen molar-refractivity contribution in [2.45, 2.75) is 45.1 Å². The molecular formula is C23H32N2O6S. The average molecular weight is 465 g/mol. The number of ketones is 1.